The fourth-order valence-electron chi connectivity index (χ4n) is 3.62. The molecule has 3 aromatic carbocycles. The van der Waals surface area contributed by atoms with E-state index < -0.39 is 0 Å². The Morgan fingerprint density at radius 2 is 1.43 bits per heavy atom. The van der Waals surface area contributed by atoms with Crippen molar-refractivity contribution in [1.82, 2.24) is 9.97 Å². The highest BCUT2D eigenvalue weighted by atomic mass is 15.0. The third kappa shape index (κ3) is 4.57. The highest BCUT2D eigenvalue weighted by molar-refractivity contribution is 5.64. The molecule has 3 heteroatoms. The number of aromatic nitrogens is 2. The molecule has 0 bridgehead atoms. The van der Waals surface area contributed by atoms with Crippen molar-refractivity contribution in [3.8, 4) is 22.5 Å². The zero-order valence-corrected chi connectivity index (χ0v) is 17.8. The van der Waals surface area contributed by atoms with Crippen molar-refractivity contribution in [3.05, 3.63) is 102 Å². The molecule has 0 fully saturated rings. The van der Waals surface area contributed by atoms with E-state index in [1.807, 2.05) is 25.1 Å². The average molecular weight is 394 g/mol. The summed E-state index contributed by atoms with van der Waals surface area (Å²) in [4.78, 5) is 9.50. The van der Waals surface area contributed by atoms with Crippen molar-refractivity contribution in [2.24, 2.45) is 0 Å². The molecule has 0 saturated carbocycles. The van der Waals surface area contributed by atoms with Crippen LogP contribution in [0.4, 0.5) is 5.82 Å². The molecule has 0 aliphatic carbocycles. The van der Waals surface area contributed by atoms with E-state index in [4.69, 9.17) is 9.97 Å². The minimum absolute atomic E-state index is 0.421. The zero-order valence-electron chi connectivity index (χ0n) is 17.8. The van der Waals surface area contributed by atoms with Gasteiger partial charge in [0.1, 0.15) is 5.82 Å². The summed E-state index contributed by atoms with van der Waals surface area (Å²) in [6.45, 7) is 7.14. The van der Waals surface area contributed by atoms with Crippen LogP contribution < -0.4 is 5.32 Å². The smallest absolute Gasteiger partial charge is 0.162 e. The predicted molar refractivity (Wildman–Crippen MR) is 125 cm³/mol. The van der Waals surface area contributed by atoms with Gasteiger partial charge in [-0.2, -0.15) is 0 Å². The van der Waals surface area contributed by atoms with Crippen molar-refractivity contribution in [1.29, 1.82) is 0 Å². The first-order chi connectivity index (χ1) is 14.6. The van der Waals surface area contributed by atoms with E-state index in [1.165, 1.54) is 22.3 Å². The van der Waals surface area contributed by atoms with E-state index in [2.05, 4.69) is 85.9 Å². The summed E-state index contributed by atoms with van der Waals surface area (Å²) in [7, 11) is 0. The van der Waals surface area contributed by atoms with Gasteiger partial charge in [0.2, 0.25) is 0 Å². The van der Waals surface area contributed by atoms with Gasteiger partial charge in [-0.05, 0) is 35.1 Å². The van der Waals surface area contributed by atoms with Gasteiger partial charge in [0.15, 0.2) is 5.82 Å². The number of aryl methyl sites for hydroxylation is 1. The van der Waals surface area contributed by atoms with Crippen molar-refractivity contribution in [3.63, 3.8) is 0 Å². The van der Waals surface area contributed by atoms with Crippen molar-refractivity contribution >= 4 is 5.82 Å². The van der Waals surface area contributed by atoms with Gasteiger partial charge < -0.3 is 5.32 Å². The second-order valence-electron chi connectivity index (χ2n) is 7.88. The Hall–Kier alpha value is -3.46. The van der Waals surface area contributed by atoms with E-state index in [0.29, 0.717) is 5.92 Å². The Bertz CT molecular complexity index is 1120. The van der Waals surface area contributed by atoms with E-state index in [9.17, 15) is 0 Å². The van der Waals surface area contributed by atoms with Crippen LogP contribution in [0.15, 0.2) is 84.9 Å². The van der Waals surface area contributed by atoms with Gasteiger partial charge in [-0.15, -0.1) is 0 Å². The topological polar surface area (TPSA) is 37.8 Å². The lowest BCUT2D eigenvalue weighted by atomic mass is 9.97. The molecule has 1 heterocycles. The lowest BCUT2D eigenvalue weighted by Crippen LogP contribution is -2.05. The normalized spacial score (nSPS) is 10.9. The molecule has 0 spiro atoms. The lowest BCUT2D eigenvalue weighted by Gasteiger charge is -2.14. The SMILES string of the molecule is Cc1cc(NCc2ccc(-c3ccccc3)cc2)nc(-c2ccccc2C(C)C)n1. The van der Waals surface area contributed by atoms with Crippen LogP contribution in [-0.4, -0.2) is 9.97 Å². The molecule has 0 aliphatic rings. The molecule has 0 aliphatic heterocycles. The van der Waals surface area contributed by atoms with Gasteiger partial charge >= 0.3 is 0 Å². The predicted octanol–water partition coefficient (Wildman–Crippen LogP) is 6.85. The Labute approximate surface area is 178 Å². The summed E-state index contributed by atoms with van der Waals surface area (Å²) >= 11 is 0. The molecule has 1 N–H and O–H groups in total. The molecular formula is C27H27N3. The van der Waals surface area contributed by atoms with Crippen LogP contribution in [0, 0.1) is 6.92 Å². The summed E-state index contributed by atoms with van der Waals surface area (Å²) in [6, 6.07) is 29.5. The van der Waals surface area contributed by atoms with Gasteiger partial charge in [-0.25, -0.2) is 9.97 Å². The summed E-state index contributed by atoms with van der Waals surface area (Å²) in [5.41, 5.74) is 7.01. The van der Waals surface area contributed by atoms with Crippen molar-refractivity contribution < 1.29 is 0 Å². The van der Waals surface area contributed by atoms with Crippen LogP contribution >= 0.6 is 0 Å². The third-order valence-electron chi connectivity index (χ3n) is 5.21. The number of nitrogens with one attached hydrogen (secondary N) is 1. The molecule has 4 aromatic rings. The van der Waals surface area contributed by atoms with E-state index in [1.54, 1.807) is 0 Å². The number of rotatable bonds is 6. The van der Waals surface area contributed by atoms with Crippen LogP contribution in [0.2, 0.25) is 0 Å². The third-order valence-corrected chi connectivity index (χ3v) is 5.21. The maximum Gasteiger partial charge on any atom is 0.162 e. The molecule has 1 aromatic heterocycles. The molecule has 4 rings (SSSR count). The molecule has 0 unspecified atom stereocenters. The standard InChI is InChI=1S/C27H27N3/c1-19(2)24-11-7-8-12-25(24)27-29-20(3)17-26(30-27)28-18-21-13-15-23(16-14-21)22-9-5-4-6-10-22/h4-17,19H,18H2,1-3H3,(H,28,29,30). The fourth-order valence-corrected chi connectivity index (χ4v) is 3.62. The lowest BCUT2D eigenvalue weighted by molar-refractivity contribution is 0.865. The largest absolute Gasteiger partial charge is 0.366 e. The Kier molecular flexibility index (Phi) is 5.89. The number of anilines is 1. The van der Waals surface area contributed by atoms with Crippen LogP contribution in [-0.2, 0) is 6.54 Å². The zero-order chi connectivity index (χ0) is 20.9. The average Bonchev–Trinajstić information content (AvgIpc) is 2.78. The Morgan fingerprint density at radius 3 is 2.17 bits per heavy atom. The van der Waals surface area contributed by atoms with Crippen molar-refractivity contribution in [2.45, 2.75) is 33.2 Å². The fraction of sp³-hybridized carbons (Fsp3) is 0.185. The van der Waals surface area contributed by atoms with E-state index in [-0.39, 0.29) is 0 Å². The molecule has 0 radical (unpaired) electrons. The quantitative estimate of drug-likeness (QED) is 0.389. The number of benzene rings is 3. The first-order valence-corrected chi connectivity index (χ1v) is 10.4. The first-order valence-electron chi connectivity index (χ1n) is 10.4. The number of hydrogen-bond acceptors (Lipinski definition) is 3. The monoisotopic (exact) mass is 393 g/mol. The van der Waals surface area contributed by atoms with Gasteiger partial charge in [-0.1, -0.05) is 92.7 Å². The number of nitrogens with zero attached hydrogens (tertiary/aromatic N) is 2. The molecule has 3 nitrogen and oxygen atoms in total. The van der Waals surface area contributed by atoms with Crippen LogP contribution in [0.25, 0.3) is 22.5 Å². The Morgan fingerprint density at radius 1 is 0.767 bits per heavy atom. The Balaban J connectivity index is 1.52. The van der Waals surface area contributed by atoms with E-state index in [0.717, 1.165) is 29.4 Å². The summed E-state index contributed by atoms with van der Waals surface area (Å²) in [5.74, 6) is 2.05. The maximum atomic E-state index is 4.80. The molecule has 150 valence electrons. The number of hydrogen-bond donors (Lipinski definition) is 1. The summed E-state index contributed by atoms with van der Waals surface area (Å²) < 4.78 is 0. The van der Waals surface area contributed by atoms with Gasteiger partial charge in [0.05, 0.1) is 0 Å². The first kappa shape index (κ1) is 19.8. The molecular weight excluding hydrogens is 366 g/mol. The van der Waals surface area contributed by atoms with Crippen LogP contribution in [0.1, 0.15) is 36.6 Å². The highest BCUT2D eigenvalue weighted by Gasteiger charge is 2.12. The van der Waals surface area contributed by atoms with E-state index >= 15 is 0 Å². The molecule has 0 amide bonds. The van der Waals surface area contributed by atoms with Gasteiger partial charge in [0, 0.05) is 23.9 Å². The summed E-state index contributed by atoms with van der Waals surface area (Å²) in [6.07, 6.45) is 0. The minimum Gasteiger partial charge on any atom is -0.366 e. The second-order valence-corrected chi connectivity index (χ2v) is 7.88. The van der Waals surface area contributed by atoms with Crippen LogP contribution in [0.3, 0.4) is 0 Å². The van der Waals surface area contributed by atoms with Gasteiger partial charge in [-0.3, -0.25) is 0 Å². The minimum atomic E-state index is 0.421. The second kappa shape index (κ2) is 8.91. The highest BCUT2D eigenvalue weighted by Crippen LogP contribution is 2.28. The molecule has 0 atom stereocenters. The van der Waals surface area contributed by atoms with Crippen LogP contribution in [0.5, 0.6) is 0 Å². The molecule has 0 saturated heterocycles. The molecule has 30 heavy (non-hydrogen) atoms. The summed E-state index contributed by atoms with van der Waals surface area (Å²) in [5, 5.41) is 3.47. The van der Waals surface area contributed by atoms with Gasteiger partial charge in [0.25, 0.3) is 0 Å². The maximum absolute atomic E-state index is 4.80. The van der Waals surface area contributed by atoms with Crippen molar-refractivity contribution in [2.75, 3.05) is 5.32 Å².